The molecule has 0 aliphatic carbocycles. The minimum atomic E-state index is -0.684. The highest BCUT2D eigenvalue weighted by atomic mass is 16.5. The van der Waals surface area contributed by atoms with Crippen molar-refractivity contribution >= 4 is 17.6 Å². The van der Waals surface area contributed by atoms with Crippen molar-refractivity contribution in [2.75, 3.05) is 25.2 Å². The summed E-state index contributed by atoms with van der Waals surface area (Å²) in [4.78, 5) is 26.2. The fourth-order valence-corrected chi connectivity index (χ4v) is 2.94. The lowest BCUT2D eigenvalue weighted by atomic mass is 10.2. The van der Waals surface area contributed by atoms with Crippen LogP contribution in [0.2, 0.25) is 0 Å². The first kappa shape index (κ1) is 22.4. The average Bonchev–Trinajstić information content (AvgIpc) is 2.85. The van der Waals surface area contributed by atoms with Crippen molar-refractivity contribution in [1.82, 2.24) is 0 Å². The summed E-state index contributed by atoms with van der Waals surface area (Å²) in [5.41, 5.74) is 1.77. The maximum absolute atomic E-state index is 12.5. The first-order valence-corrected chi connectivity index (χ1v) is 9.86. The molecule has 3 aromatic carbocycles. The predicted molar refractivity (Wildman–Crippen MR) is 118 cm³/mol. The Hall–Kier alpha value is -4.31. The van der Waals surface area contributed by atoms with Gasteiger partial charge in [-0.2, -0.15) is 5.26 Å². The summed E-state index contributed by atoms with van der Waals surface area (Å²) >= 11 is 0. The molecule has 1 amide bonds. The molecular formula is C25H22N2O5. The number of hydrogen-bond donors (Lipinski definition) is 0. The standard InChI is InChI=1S/C25H22N2O5/c1-30-23-16-20(12-13-22(23)31-17-19-8-4-2-5-9-19)25(29)32-18-24(28)27(15-14-26)21-10-6-3-7-11-21/h2-13,16H,15,17-18H2,1H3. The number of anilines is 1. The fourth-order valence-electron chi connectivity index (χ4n) is 2.94. The zero-order chi connectivity index (χ0) is 22.8. The molecule has 0 saturated heterocycles. The largest absolute Gasteiger partial charge is 0.493 e. The summed E-state index contributed by atoms with van der Waals surface area (Å²) in [5.74, 6) is -0.331. The van der Waals surface area contributed by atoms with Crippen LogP contribution >= 0.6 is 0 Å². The minimum Gasteiger partial charge on any atom is -0.493 e. The molecule has 0 aliphatic heterocycles. The maximum Gasteiger partial charge on any atom is 0.338 e. The normalized spacial score (nSPS) is 10.0. The van der Waals surface area contributed by atoms with Crippen LogP contribution < -0.4 is 14.4 Å². The summed E-state index contributed by atoms with van der Waals surface area (Å²) in [6.07, 6.45) is 0. The van der Waals surface area contributed by atoms with Gasteiger partial charge in [-0.3, -0.25) is 9.69 Å². The van der Waals surface area contributed by atoms with Gasteiger partial charge < -0.3 is 14.2 Å². The van der Waals surface area contributed by atoms with Gasteiger partial charge in [0, 0.05) is 5.69 Å². The molecule has 0 aliphatic rings. The molecule has 7 nitrogen and oxygen atoms in total. The van der Waals surface area contributed by atoms with E-state index in [1.54, 1.807) is 42.5 Å². The van der Waals surface area contributed by atoms with Gasteiger partial charge in [0.2, 0.25) is 0 Å². The molecule has 0 radical (unpaired) electrons. The quantitative estimate of drug-likeness (QED) is 0.377. The van der Waals surface area contributed by atoms with Crippen molar-refractivity contribution in [3.8, 4) is 17.6 Å². The number of carbonyl (C=O) groups is 2. The predicted octanol–water partition coefficient (Wildman–Crippen LogP) is 3.99. The third-order valence-electron chi connectivity index (χ3n) is 4.56. The first-order valence-electron chi connectivity index (χ1n) is 9.86. The van der Waals surface area contributed by atoms with E-state index in [0.29, 0.717) is 23.8 Å². The lowest BCUT2D eigenvalue weighted by Crippen LogP contribution is -2.35. The monoisotopic (exact) mass is 430 g/mol. The molecule has 0 aromatic heterocycles. The van der Waals surface area contributed by atoms with Crippen molar-refractivity contribution in [3.63, 3.8) is 0 Å². The molecule has 0 N–H and O–H groups in total. The Morgan fingerprint density at radius 3 is 2.28 bits per heavy atom. The van der Waals surface area contributed by atoms with E-state index in [-0.39, 0.29) is 12.1 Å². The smallest absolute Gasteiger partial charge is 0.338 e. The molecule has 0 spiro atoms. The van der Waals surface area contributed by atoms with Crippen molar-refractivity contribution in [2.45, 2.75) is 6.61 Å². The Morgan fingerprint density at radius 1 is 0.938 bits per heavy atom. The second-order valence-electron chi connectivity index (χ2n) is 6.69. The van der Waals surface area contributed by atoms with Gasteiger partial charge in [-0.25, -0.2) is 4.79 Å². The SMILES string of the molecule is COc1cc(C(=O)OCC(=O)N(CC#N)c2ccccc2)ccc1OCc1ccccc1. The number of nitriles is 1. The van der Waals surface area contributed by atoms with E-state index in [4.69, 9.17) is 19.5 Å². The average molecular weight is 430 g/mol. The summed E-state index contributed by atoms with van der Waals surface area (Å²) in [6.45, 7) is -0.296. The molecular weight excluding hydrogens is 408 g/mol. The number of hydrogen-bond acceptors (Lipinski definition) is 6. The zero-order valence-corrected chi connectivity index (χ0v) is 17.6. The number of esters is 1. The van der Waals surface area contributed by atoms with E-state index in [0.717, 1.165) is 5.56 Å². The Balaban J connectivity index is 1.63. The molecule has 3 aromatic rings. The molecule has 0 unspecified atom stereocenters. The number of benzene rings is 3. The van der Waals surface area contributed by atoms with Gasteiger partial charge in [0.1, 0.15) is 13.2 Å². The van der Waals surface area contributed by atoms with E-state index in [9.17, 15) is 9.59 Å². The van der Waals surface area contributed by atoms with E-state index in [2.05, 4.69) is 0 Å². The third-order valence-corrected chi connectivity index (χ3v) is 4.56. The van der Waals surface area contributed by atoms with Crippen LogP contribution in [0.1, 0.15) is 15.9 Å². The van der Waals surface area contributed by atoms with Crippen LogP contribution in [0.15, 0.2) is 78.9 Å². The van der Waals surface area contributed by atoms with Crippen molar-refractivity contribution in [2.24, 2.45) is 0 Å². The summed E-state index contributed by atoms with van der Waals surface area (Å²) < 4.78 is 16.3. The van der Waals surface area contributed by atoms with Crippen molar-refractivity contribution in [1.29, 1.82) is 5.26 Å². The molecule has 0 heterocycles. The van der Waals surface area contributed by atoms with E-state index in [1.165, 1.54) is 18.1 Å². The summed E-state index contributed by atoms with van der Waals surface area (Å²) in [7, 11) is 1.48. The van der Waals surface area contributed by atoms with Crippen LogP contribution in [0.5, 0.6) is 11.5 Å². The van der Waals surface area contributed by atoms with Crippen molar-refractivity contribution < 1.29 is 23.8 Å². The summed E-state index contributed by atoms with van der Waals surface area (Å²) in [6, 6.07) is 25.0. The van der Waals surface area contributed by atoms with Crippen LogP contribution in [0, 0.1) is 11.3 Å². The van der Waals surface area contributed by atoms with Gasteiger partial charge in [0.25, 0.3) is 5.91 Å². The lowest BCUT2D eigenvalue weighted by Gasteiger charge is -2.19. The van der Waals surface area contributed by atoms with Gasteiger partial charge in [-0.05, 0) is 35.9 Å². The zero-order valence-electron chi connectivity index (χ0n) is 17.6. The molecule has 7 heteroatoms. The van der Waals surface area contributed by atoms with Gasteiger partial charge in [0.05, 0.1) is 18.7 Å². The Bertz CT molecular complexity index is 1090. The third kappa shape index (κ3) is 5.86. The number of ether oxygens (including phenoxy) is 3. The number of nitrogens with zero attached hydrogens (tertiary/aromatic N) is 2. The Labute approximate surface area is 186 Å². The Morgan fingerprint density at radius 2 is 1.62 bits per heavy atom. The van der Waals surface area contributed by atoms with Gasteiger partial charge in [-0.1, -0.05) is 48.5 Å². The van der Waals surface area contributed by atoms with Gasteiger partial charge >= 0.3 is 5.97 Å². The molecule has 162 valence electrons. The van der Waals surface area contributed by atoms with E-state index < -0.39 is 18.5 Å². The summed E-state index contributed by atoms with van der Waals surface area (Å²) in [5, 5.41) is 9.03. The first-order chi connectivity index (χ1) is 15.6. The molecule has 0 fully saturated rings. The van der Waals surface area contributed by atoms with Gasteiger partial charge in [-0.15, -0.1) is 0 Å². The number of rotatable bonds is 9. The number of amides is 1. The lowest BCUT2D eigenvalue weighted by molar-refractivity contribution is -0.121. The number of carbonyl (C=O) groups excluding carboxylic acids is 2. The molecule has 0 saturated carbocycles. The molecule has 0 bridgehead atoms. The van der Waals surface area contributed by atoms with Crippen LogP contribution in [0.3, 0.4) is 0 Å². The Kier molecular flexibility index (Phi) is 7.82. The highest BCUT2D eigenvalue weighted by molar-refractivity contribution is 5.97. The van der Waals surface area contributed by atoms with Crippen molar-refractivity contribution in [3.05, 3.63) is 90.0 Å². The fraction of sp³-hybridized carbons (Fsp3) is 0.160. The second kappa shape index (κ2) is 11.2. The minimum absolute atomic E-state index is 0.151. The molecule has 3 rings (SSSR count). The second-order valence-corrected chi connectivity index (χ2v) is 6.69. The molecule has 32 heavy (non-hydrogen) atoms. The molecule has 0 atom stereocenters. The topological polar surface area (TPSA) is 88.9 Å². The van der Waals surface area contributed by atoms with E-state index in [1.807, 2.05) is 36.4 Å². The van der Waals surface area contributed by atoms with Crippen LogP contribution in [-0.2, 0) is 16.1 Å². The van der Waals surface area contributed by atoms with E-state index >= 15 is 0 Å². The van der Waals surface area contributed by atoms with Gasteiger partial charge in [0.15, 0.2) is 18.1 Å². The maximum atomic E-state index is 12.5. The van der Waals surface area contributed by atoms with Crippen LogP contribution in [-0.4, -0.2) is 32.1 Å². The van der Waals surface area contributed by atoms with Crippen LogP contribution in [0.4, 0.5) is 5.69 Å². The highest BCUT2D eigenvalue weighted by Crippen LogP contribution is 2.29. The number of methoxy groups -OCH3 is 1. The van der Waals surface area contributed by atoms with Crippen LogP contribution in [0.25, 0.3) is 0 Å². The number of para-hydroxylation sites is 1. The highest BCUT2D eigenvalue weighted by Gasteiger charge is 2.19.